The summed E-state index contributed by atoms with van der Waals surface area (Å²) in [6, 6.07) is 8.81. The number of carbonyl (C=O) groups excluding carboxylic acids is 1. The molecular weight excluding hydrogens is 310 g/mol. The molecule has 2 fully saturated rings. The third-order valence-corrected chi connectivity index (χ3v) is 5.82. The Balaban J connectivity index is 1.39. The van der Waals surface area contributed by atoms with Crippen LogP contribution in [0.15, 0.2) is 24.3 Å². The van der Waals surface area contributed by atoms with Gasteiger partial charge in [0.15, 0.2) is 0 Å². The van der Waals surface area contributed by atoms with Crippen LogP contribution in [0.3, 0.4) is 0 Å². The highest BCUT2D eigenvalue weighted by molar-refractivity contribution is 7.18. The van der Waals surface area contributed by atoms with Crippen molar-refractivity contribution in [2.24, 2.45) is 0 Å². The summed E-state index contributed by atoms with van der Waals surface area (Å²) in [5.41, 5.74) is 1.11. The molecule has 1 aromatic heterocycles. The molecule has 5 nitrogen and oxygen atoms in total. The van der Waals surface area contributed by atoms with Crippen molar-refractivity contribution >= 4 is 27.6 Å². The molecule has 2 saturated heterocycles. The van der Waals surface area contributed by atoms with Crippen LogP contribution in [0.25, 0.3) is 10.2 Å². The first-order valence-electron chi connectivity index (χ1n) is 8.32. The van der Waals surface area contributed by atoms with E-state index in [1.54, 1.807) is 0 Å². The van der Waals surface area contributed by atoms with Gasteiger partial charge in [-0.15, -0.1) is 11.3 Å². The number of likely N-dealkylation sites (tertiary alicyclic amines) is 1. The maximum atomic E-state index is 11.5. The smallest absolute Gasteiger partial charge is 0.409 e. The van der Waals surface area contributed by atoms with Crippen molar-refractivity contribution in [2.75, 3.05) is 32.8 Å². The van der Waals surface area contributed by atoms with Gasteiger partial charge >= 0.3 is 6.09 Å². The number of aromatic nitrogens is 1. The minimum atomic E-state index is -0.158. The summed E-state index contributed by atoms with van der Waals surface area (Å²) in [5, 5.41) is 1.24. The zero-order valence-corrected chi connectivity index (χ0v) is 13.9. The molecular formula is C17H21N3O2S. The summed E-state index contributed by atoms with van der Waals surface area (Å²) in [5.74, 6) is 0. The number of hydrogen-bond acceptors (Lipinski definition) is 5. The van der Waals surface area contributed by atoms with Gasteiger partial charge in [-0.1, -0.05) is 12.1 Å². The minimum absolute atomic E-state index is 0.158. The second-order valence-corrected chi connectivity index (χ2v) is 7.23. The van der Waals surface area contributed by atoms with Crippen molar-refractivity contribution < 1.29 is 9.53 Å². The molecule has 0 saturated carbocycles. The normalized spacial score (nSPS) is 22.2. The van der Waals surface area contributed by atoms with Crippen molar-refractivity contribution in [3.8, 4) is 0 Å². The van der Waals surface area contributed by atoms with E-state index in [9.17, 15) is 4.79 Å². The fourth-order valence-electron chi connectivity index (χ4n) is 3.50. The van der Waals surface area contributed by atoms with E-state index in [0.717, 1.165) is 38.1 Å². The van der Waals surface area contributed by atoms with Crippen molar-refractivity contribution in [3.63, 3.8) is 0 Å². The first-order valence-corrected chi connectivity index (χ1v) is 9.14. The van der Waals surface area contributed by atoms with Crippen LogP contribution in [0.2, 0.25) is 0 Å². The van der Waals surface area contributed by atoms with E-state index in [1.165, 1.54) is 22.5 Å². The Morgan fingerprint density at radius 1 is 1.26 bits per heavy atom. The Kier molecular flexibility index (Phi) is 4.18. The summed E-state index contributed by atoms with van der Waals surface area (Å²) in [6.07, 6.45) is 3.25. The number of ether oxygens (including phenoxy) is 1. The number of thiazole rings is 1. The quantitative estimate of drug-likeness (QED) is 0.843. The van der Waals surface area contributed by atoms with Gasteiger partial charge in [-0.25, -0.2) is 9.78 Å². The number of nitrogens with zero attached hydrogens (tertiary/aromatic N) is 3. The number of carbonyl (C=O) groups is 1. The third kappa shape index (κ3) is 3.05. The molecule has 1 aromatic carbocycles. The van der Waals surface area contributed by atoms with Gasteiger partial charge in [0, 0.05) is 13.1 Å². The Morgan fingerprint density at radius 2 is 2.17 bits per heavy atom. The lowest BCUT2D eigenvalue weighted by Gasteiger charge is -2.23. The minimum Gasteiger partial charge on any atom is -0.448 e. The second kappa shape index (κ2) is 6.45. The van der Waals surface area contributed by atoms with Crippen LogP contribution in [-0.2, 0) is 4.74 Å². The zero-order chi connectivity index (χ0) is 15.6. The molecule has 0 spiro atoms. The molecule has 6 heteroatoms. The van der Waals surface area contributed by atoms with Crippen LogP contribution in [0.5, 0.6) is 0 Å². The SMILES string of the molecule is O=C1OCCN1CCCN1CCC[C@H]1c1nc2ccccc2s1. The van der Waals surface area contributed by atoms with Crippen molar-refractivity contribution in [2.45, 2.75) is 25.3 Å². The predicted molar refractivity (Wildman–Crippen MR) is 90.7 cm³/mol. The van der Waals surface area contributed by atoms with Gasteiger partial charge in [-0.3, -0.25) is 4.90 Å². The molecule has 1 amide bonds. The lowest BCUT2D eigenvalue weighted by molar-refractivity contribution is 0.156. The van der Waals surface area contributed by atoms with Gasteiger partial charge in [0.2, 0.25) is 0 Å². The van der Waals surface area contributed by atoms with Gasteiger partial charge in [0.1, 0.15) is 11.6 Å². The molecule has 0 unspecified atom stereocenters. The first kappa shape index (κ1) is 14.9. The van der Waals surface area contributed by atoms with Crippen molar-refractivity contribution in [1.82, 2.24) is 14.8 Å². The molecule has 2 aliphatic heterocycles. The average Bonchev–Trinajstić information content (AvgIpc) is 3.26. The van der Waals surface area contributed by atoms with Crippen molar-refractivity contribution in [1.29, 1.82) is 0 Å². The highest BCUT2D eigenvalue weighted by atomic mass is 32.1. The largest absolute Gasteiger partial charge is 0.448 e. The summed E-state index contributed by atoms with van der Waals surface area (Å²) >= 11 is 1.82. The maximum Gasteiger partial charge on any atom is 0.409 e. The molecule has 0 radical (unpaired) electrons. The number of benzene rings is 1. The van der Waals surface area contributed by atoms with Gasteiger partial charge in [0.25, 0.3) is 0 Å². The fraction of sp³-hybridized carbons (Fsp3) is 0.529. The van der Waals surface area contributed by atoms with Crippen LogP contribution in [0, 0.1) is 0 Å². The van der Waals surface area contributed by atoms with Crippen LogP contribution < -0.4 is 0 Å². The van der Waals surface area contributed by atoms with Crippen LogP contribution in [0.4, 0.5) is 4.79 Å². The lowest BCUT2D eigenvalue weighted by Crippen LogP contribution is -2.30. The maximum absolute atomic E-state index is 11.5. The highest BCUT2D eigenvalue weighted by Crippen LogP contribution is 2.36. The summed E-state index contributed by atoms with van der Waals surface area (Å²) in [4.78, 5) is 20.6. The first-order chi connectivity index (χ1) is 11.3. The average molecular weight is 331 g/mol. The fourth-order valence-corrected chi connectivity index (χ4v) is 4.64. The van der Waals surface area contributed by atoms with Gasteiger partial charge in [-0.2, -0.15) is 0 Å². The van der Waals surface area contributed by atoms with Crippen LogP contribution >= 0.6 is 11.3 Å². The summed E-state index contributed by atoms with van der Waals surface area (Å²) in [6.45, 7) is 4.22. The van der Waals surface area contributed by atoms with Gasteiger partial charge in [-0.05, 0) is 37.9 Å². The summed E-state index contributed by atoms with van der Waals surface area (Å²) < 4.78 is 6.25. The summed E-state index contributed by atoms with van der Waals surface area (Å²) in [7, 11) is 0. The van der Waals surface area contributed by atoms with E-state index in [-0.39, 0.29) is 6.09 Å². The molecule has 0 aliphatic carbocycles. The molecule has 3 heterocycles. The van der Waals surface area contributed by atoms with E-state index in [0.29, 0.717) is 12.6 Å². The molecule has 2 aliphatic rings. The number of fused-ring (bicyclic) bond motifs is 1. The molecule has 2 aromatic rings. The Morgan fingerprint density at radius 3 is 3.00 bits per heavy atom. The highest BCUT2D eigenvalue weighted by Gasteiger charge is 2.29. The molecule has 4 rings (SSSR count). The Hall–Kier alpha value is -1.66. The van der Waals surface area contributed by atoms with Crippen LogP contribution in [-0.4, -0.2) is 53.7 Å². The van der Waals surface area contributed by atoms with Gasteiger partial charge < -0.3 is 9.64 Å². The van der Waals surface area contributed by atoms with Gasteiger partial charge in [0.05, 0.1) is 22.8 Å². The molecule has 122 valence electrons. The van der Waals surface area contributed by atoms with E-state index in [1.807, 2.05) is 22.3 Å². The van der Waals surface area contributed by atoms with Crippen LogP contribution in [0.1, 0.15) is 30.3 Å². The van der Waals surface area contributed by atoms with E-state index >= 15 is 0 Å². The second-order valence-electron chi connectivity index (χ2n) is 6.17. The van der Waals surface area contributed by atoms with E-state index in [4.69, 9.17) is 9.72 Å². The monoisotopic (exact) mass is 331 g/mol. The number of cyclic esters (lactones) is 1. The number of amides is 1. The molecule has 0 bridgehead atoms. The predicted octanol–water partition coefficient (Wildman–Crippen LogP) is 3.28. The molecule has 23 heavy (non-hydrogen) atoms. The zero-order valence-electron chi connectivity index (χ0n) is 13.1. The Labute approximate surface area is 139 Å². The molecule has 0 N–H and O–H groups in total. The number of para-hydroxylation sites is 1. The number of rotatable bonds is 5. The number of hydrogen-bond donors (Lipinski definition) is 0. The van der Waals surface area contributed by atoms with E-state index < -0.39 is 0 Å². The lowest BCUT2D eigenvalue weighted by atomic mass is 10.2. The standard InChI is InChI=1S/C17H21N3O2S/c21-17-20(11-12-22-17)10-4-9-19-8-3-6-14(19)16-18-13-5-1-2-7-15(13)23-16/h1-2,5,7,14H,3-4,6,8-12H2/t14-/m0/s1. The molecule has 1 atom stereocenters. The van der Waals surface area contributed by atoms with Crippen molar-refractivity contribution in [3.05, 3.63) is 29.3 Å². The topological polar surface area (TPSA) is 45.7 Å². The van der Waals surface area contributed by atoms with E-state index in [2.05, 4.69) is 23.1 Å². The Bertz CT molecular complexity index is 669. The third-order valence-electron chi connectivity index (χ3n) is 4.68.